The van der Waals surface area contributed by atoms with Gasteiger partial charge in [-0.1, -0.05) is 31.5 Å². The molecular formula is C24H30ClN5O. The predicted octanol–water partition coefficient (Wildman–Crippen LogP) is 5.15. The summed E-state index contributed by atoms with van der Waals surface area (Å²) in [6, 6.07) is 5.86. The van der Waals surface area contributed by atoms with Gasteiger partial charge in [-0.2, -0.15) is 9.61 Å². The number of hydrogen-bond donors (Lipinski definition) is 1. The lowest BCUT2D eigenvalue weighted by Gasteiger charge is -2.20. The average molecular weight is 440 g/mol. The molecule has 31 heavy (non-hydrogen) atoms. The Morgan fingerprint density at radius 3 is 2.65 bits per heavy atom. The minimum atomic E-state index is -0.0716. The molecule has 4 rings (SSSR count). The van der Waals surface area contributed by atoms with Crippen molar-refractivity contribution in [3.63, 3.8) is 0 Å². The van der Waals surface area contributed by atoms with Crippen molar-refractivity contribution in [1.82, 2.24) is 19.5 Å². The first-order valence-corrected chi connectivity index (χ1v) is 11.4. The van der Waals surface area contributed by atoms with Gasteiger partial charge in [0.1, 0.15) is 5.82 Å². The molecule has 2 aromatic heterocycles. The molecule has 0 saturated carbocycles. The Hall–Kier alpha value is -2.60. The van der Waals surface area contributed by atoms with E-state index in [9.17, 15) is 4.79 Å². The first-order valence-electron chi connectivity index (χ1n) is 11.0. The average Bonchev–Trinajstić information content (AvgIpc) is 3.34. The molecule has 0 unspecified atom stereocenters. The fourth-order valence-corrected chi connectivity index (χ4v) is 4.67. The standard InChI is InChI=1S/C24H30ClN5O/c1-6-16(7-2)26-22-18-9-8-10-20(18)27-23-21(14(3)28-30(22)23)17-12-11-15(13-19(17)25)24(31)29(4)5/h11-13,16,26H,6-10H2,1-5H3. The lowest BCUT2D eigenvalue weighted by Crippen LogP contribution is -2.21. The Morgan fingerprint density at radius 2 is 2.00 bits per heavy atom. The second kappa shape index (κ2) is 8.50. The number of nitrogens with zero attached hydrogens (tertiary/aromatic N) is 4. The molecule has 0 spiro atoms. The van der Waals surface area contributed by atoms with Gasteiger partial charge in [-0.05, 0) is 51.2 Å². The molecule has 0 aliphatic heterocycles. The molecular weight excluding hydrogens is 410 g/mol. The summed E-state index contributed by atoms with van der Waals surface area (Å²) in [7, 11) is 3.47. The SMILES string of the molecule is CCC(CC)Nc1c2c(nc3c(-c4ccc(C(=O)N(C)C)cc4Cl)c(C)nn13)CCC2. The molecule has 1 N–H and O–H groups in total. The van der Waals surface area contributed by atoms with E-state index in [-0.39, 0.29) is 5.91 Å². The highest BCUT2D eigenvalue weighted by Crippen LogP contribution is 2.37. The van der Waals surface area contributed by atoms with Crippen molar-refractivity contribution in [2.45, 2.75) is 58.9 Å². The zero-order chi connectivity index (χ0) is 22.3. The normalized spacial score (nSPS) is 13.1. The van der Waals surface area contributed by atoms with Gasteiger partial charge < -0.3 is 10.2 Å². The van der Waals surface area contributed by atoms with Gasteiger partial charge in [0.2, 0.25) is 0 Å². The highest BCUT2D eigenvalue weighted by Gasteiger charge is 2.26. The van der Waals surface area contributed by atoms with E-state index in [4.69, 9.17) is 21.7 Å². The van der Waals surface area contributed by atoms with Crippen LogP contribution in [0, 0.1) is 6.92 Å². The summed E-state index contributed by atoms with van der Waals surface area (Å²) < 4.78 is 1.96. The van der Waals surface area contributed by atoms with Crippen LogP contribution in [0.3, 0.4) is 0 Å². The van der Waals surface area contributed by atoms with E-state index in [1.807, 2.05) is 23.6 Å². The van der Waals surface area contributed by atoms with Crippen molar-refractivity contribution in [3.05, 3.63) is 45.7 Å². The predicted molar refractivity (Wildman–Crippen MR) is 126 cm³/mol. The second-order valence-electron chi connectivity index (χ2n) is 8.49. The monoisotopic (exact) mass is 439 g/mol. The van der Waals surface area contributed by atoms with Gasteiger partial charge in [-0.15, -0.1) is 0 Å². The van der Waals surface area contributed by atoms with Crippen molar-refractivity contribution in [2.24, 2.45) is 0 Å². The van der Waals surface area contributed by atoms with Crippen LogP contribution in [0.25, 0.3) is 16.8 Å². The van der Waals surface area contributed by atoms with Gasteiger partial charge in [0.25, 0.3) is 5.91 Å². The number of hydrogen-bond acceptors (Lipinski definition) is 4. The Bertz CT molecular complexity index is 1150. The molecule has 1 aliphatic rings. The van der Waals surface area contributed by atoms with Gasteiger partial charge in [-0.3, -0.25) is 4.79 Å². The maximum atomic E-state index is 12.3. The molecule has 0 radical (unpaired) electrons. The topological polar surface area (TPSA) is 62.5 Å². The summed E-state index contributed by atoms with van der Waals surface area (Å²) in [5.74, 6) is 0.994. The Morgan fingerprint density at radius 1 is 1.26 bits per heavy atom. The van der Waals surface area contributed by atoms with Crippen LogP contribution in [0.5, 0.6) is 0 Å². The summed E-state index contributed by atoms with van der Waals surface area (Å²) in [6.07, 6.45) is 5.22. The number of rotatable bonds is 6. The van der Waals surface area contributed by atoms with E-state index < -0.39 is 0 Å². The first kappa shape index (κ1) is 21.6. The van der Waals surface area contributed by atoms with E-state index in [0.717, 1.165) is 66.1 Å². The number of nitrogens with one attached hydrogen (secondary N) is 1. The molecule has 1 aliphatic carbocycles. The van der Waals surface area contributed by atoms with Crippen LogP contribution in [0.4, 0.5) is 5.82 Å². The Balaban J connectivity index is 1.89. The number of fused-ring (bicyclic) bond motifs is 2. The van der Waals surface area contributed by atoms with Crippen LogP contribution >= 0.6 is 11.6 Å². The molecule has 7 heteroatoms. The van der Waals surface area contributed by atoms with Crippen LogP contribution in [-0.4, -0.2) is 45.5 Å². The zero-order valence-corrected chi connectivity index (χ0v) is 19.7. The molecule has 1 aromatic carbocycles. The van der Waals surface area contributed by atoms with Crippen molar-refractivity contribution in [2.75, 3.05) is 19.4 Å². The quantitative estimate of drug-likeness (QED) is 0.577. The number of benzene rings is 1. The van der Waals surface area contributed by atoms with E-state index in [0.29, 0.717) is 16.6 Å². The maximum Gasteiger partial charge on any atom is 0.253 e. The molecule has 164 valence electrons. The molecule has 2 heterocycles. The summed E-state index contributed by atoms with van der Waals surface area (Å²) in [4.78, 5) is 18.9. The largest absolute Gasteiger partial charge is 0.367 e. The van der Waals surface area contributed by atoms with Crippen molar-refractivity contribution in [1.29, 1.82) is 0 Å². The lowest BCUT2D eigenvalue weighted by molar-refractivity contribution is 0.0827. The van der Waals surface area contributed by atoms with E-state index in [2.05, 4.69) is 19.2 Å². The number of aromatic nitrogens is 3. The Kier molecular flexibility index (Phi) is 5.93. The van der Waals surface area contributed by atoms with Crippen LogP contribution in [0.15, 0.2) is 18.2 Å². The van der Waals surface area contributed by atoms with Crippen LogP contribution in [-0.2, 0) is 12.8 Å². The van der Waals surface area contributed by atoms with Gasteiger partial charge in [0.05, 0.1) is 11.3 Å². The molecule has 1 amide bonds. The fraction of sp³-hybridized carbons (Fsp3) is 0.458. The highest BCUT2D eigenvalue weighted by molar-refractivity contribution is 6.34. The number of carbonyl (C=O) groups is 1. The van der Waals surface area contributed by atoms with Crippen LogP contribution < -0.4 is 5.32 Å². The molecule has 0 saturated heterocycles. The smallest absolute Gasteiger partial charge is 0.253 e. The summed E-state index contributed by atoms with van der Waals surface area (Å²) in [5.41, 5.74) is 6.47. The fourth-order valence-electron chi connectivity index (χ4n) is 4.39. The van der Waals surface area contributed by atoms with Gasteiger partial charge >= 0.3 is 0 Å². The number of aryl methyl sites for hydroxylation is 2. The van der Waals surface area contributed by atoms with Crippen LogP contribution in [0.1, 0.15) is 60.4 Å². The van der Waals surface area contributed by atoms with Crippen LogP contribution in [0.2, 0.25) is 5.02 Å². The number of amides is 1. The first-order chi connectivity index (χ1) is 14.8. The molecule has 6 nitrogen and oxygen atoms in total. The number of carbonyl (C=O) groups excluding carboxylic acids is 1. The minimum Gasteiger partial charge on any atom is -0.367 e. The summed E-state index contributed by atoms with van der Waals surface area (Å²) >= 11 is 6.68. The van der Waals surface area contributed by atoms with Gasteiger partial charge in [0.15, 0.2) is 5.65 Å². The second-order valence-corrected chi connectivity index (χ2v) is 8.89. The number of anilines is 1. The van der Waals surface area contributed by atoms with E-state index in [1.165, 1.54) is 5.56 Å². The third-order valence-corrected chi connectivity index (χ3v) is 6.49. The highest BCUT2D eigenvalue weighted by atomic mass is 35.5. The molecule has 0 bridgehead atoms. The minimum absolute atomic E-state index is 0.0716. The van der Waals surface area contributed by atoms with E-state index >= 15 is 0 Å². The van der Waals surface area contributed by atoms with Crippen molar-refractivity contribution in [3.8, 4) is 11.1 Å². The van der Waals surface area contributed by atoms with Gasteiger partial charge in [-0.25, -0.2) is 4.98 Å². The molecule has 0 fully saturated rings. The van der Waals surface area contributed by atoms with Crippen molar-refractivity contribution < 1.29 is 4.79 Å². The third-order valence-electron chi connectivity index (χ3n) is 6.18. The maximum absolute atomic E-state index is 12.3. The number of halogens is 1. The lowest BCUT2D eigenvalue weighted by atomic mass is 10.0. The molecule has 3 aromatic rings. The van der Waals surface area contributed by atoms with Crippen molar-refractivity contribution >= 4 is 29.0 Å². The van der Waals surface area contributed by atoms with E-state index in [1.54, 1.807) is 25.1 Å². The molecule has 0 atom stereocenters. The zero-order valence-electron chi connectivity index (χ0n) is 18.9. The Labute approximate surface area is 188 Å². The summed E-state index contributed by atoms with van der Waals surface area (Å²) in [6.45, 7) is 6.40. The van der Waals surface area contributed by atoms with Gasteiger partial charge in [0, 0.05) is 47.5 Å². The third kappa shape index (κ3) is 3.78. The summed E-state index contributed by atoms with van der Waals surface area (Å²) in [5, 5.41) is 9.15.